The third-order valence-corrected chi connectivity index (χ3v) is 3.35. The number of aromatic amines is 1. The number of amides is 1. The molecule has 1 heterocycles. The lowest BCUT2D eigenvalue weighted by atomic mass is 10.2. The molecule has 0 bridgehead atoms. The molecule has 1 aromatic heterocycles. The van der Waals surface area contributed by atoms with Crippen molar-refractivity contribution in [2.75, 3.05) is 0 Å². The monoisotopic (exact) mass is 301 g/mol. The molecule has 22 heavy (non-hydrogen) atoms. The SMILES string of the molecule is C[C@H](NC(=O)c1ccc(F)c(F)c1)c1nc2ccccc2[nH]1. The third kappa shape index (κ3) is 2.67. The predicted octanol–water partition coefficient (Wildman–Crippen LogP) is 3.33. The number of hydrogen-bond donors (Lipinski definition) is 2. The number of fused-ring (bicyclic) bond motifs is 1. The summed E-state index contributed by atoms with van der Waals surface area (Å²) in [6.07, 6.45) is 0. The molecule has 0 aliphatic heterocycles. The predicted molar refractivity (Wildman–Crippen MR) is 78.3 cm³/mol. The largest absolute Gasteiger partial charge is 0.342 e. The van der Waals surface area contributed by atoms with E-state index in [1.54, 1.807) is 6.92 Å². The second-order valence-electron chi connectivity index (χ2n) is 4.96. The molecule has 0 saturated carbocycles. The minimum absolute atomic E-state index is 0.0573. The number of carbonyl (C=O) groups is 1. The van der Waals surface area contributed by atoms with Gasteiger partial charge >= 0.3 is 0 Å². The molecule has 0 aliphatic carbocycles. The summed E-state index contributed by atoms with van der Waals surface area (Å²) in [5, 5.41) is 2.70. The van der Waals surface area contributed by atoms with Crippen molar-refractivity contribution in [2.24, 2.45) is 0 Å². The second kappa shape index (κ2) is 5.55. The number of nitrogens with one attached hydrogen (secondary N) is 2. The maximum Gasteiger partial charge on any atom is 0.251 e. The van der Waals surface area contributed by atoms with Crippen LogP contribution in [-0.4, -0.2) is 15.9 Å². The van der Waals surface area contributed by atoms with E-state index >= 15 is 0 Å². The number of carbonyl (C=O) groups excluding carboxylic acids is 1. The molecule has 1 atom stereocenters. The molecular weight excluding hydrogens is 288 g/mol. The fourth-order valence-electron chi connectivity index (χ4n) is 2.16. The number of para-hydroxylation sites is 2. The zero-order valence-corrected chi connectivity index (χ0v) is 11.7. The zero-order chi connectivity index (χ0) is 15.7. The van der Waals surface area contributed by atoms with Crippen LogP contribution in [0.25, 0.3) is 11.0 Å². The minimum Gasteiger partial charge on any atom is -0.342 e. The Morgan fingerprint density at radius 1 is 1.18 bits per heavy atom. The summed E-state index contributed by atoms with van der Waals surface area (Å²) >= 11 is 0. The molecular formula is C16H13F2N3O. The van der Waals surface area contributed by atoms with Gasteiger partial charge in [-0.25, -0.2) is 13.8 Å². The van der Waals surface area contributed by atoms with E-state index in [4.69, 9.17) is 0 Å². The van der Waals surface area contributed by atoms with Crippen molar-refractivity contribution in [3.8, 4) is 0 Å². The number of aromatic nitrogens is 2. The van der Waals surface area contributed by atoms with Gasteiger partial charge in [-0.1, -0.05) is 12.1 Å². The first-order chi connectivity index (χ1) is 10.5. The number of benzene rings is 2. The van der Waals surface area contributed by atoms with Crippen LogP contribution in [0.1, 0.15) is 29.1 Å². The van der Waals surface area contributed by atoms with Crippen LogP contribution in [0.2, 0.25) is 0 Å². The van der Waals surface area contributed by atoms with Crippen LogP contribution in [0.3, 0.4) is 0 Å². The Hall–Kier alpha value is -2.76. The normalized spacial score (nSPS) is 12.3. The van der Waals surface area contributed by atoms with Crippen LogP contribution in [0.15, 0.2) is 42.5 Å². The van der Waals surface area contributed by atoms with E-state index < -0.39 is 23.6 Å². The number of nitrogens with zero attached hydrogens (tertiary/aromatic N) is 1. The van der Waals surface area contributed by atoms with Gasteiger partial charge in [0.05, 0.1) is 17.1 Å². The Balaban J connectivity index is 1.79. The van der Waals surface area contributed by atoms with Crippen LogP contribution in [0.4, 0.5) is 8.78 Å². The molecule has 2 aromatic carbocycles. The molecule has 0 saturated heterocycles. The summed E-state index contributed by atoms with van der Waals surface area (Å²) in [4.78, 5) is 19.6. The Morgan fingerprint density at radius 3 is 2.68 bits per heavy atom. The van der Waals surface area contributed by atoms with Gasteiger partial charge in [0.25, 0.3) is 5.91 Å². The summed E-state index contributed by atoms with van der Waals surface area (Å²) in [5.41, 5.74) is 1.72. The van der Waals surface area contributed by atoms with Crippen molar-refractivity contribution in [2.45, 2.75) is 13.0 Å². The van der Waals surface area contributed by atoms with Gasteiger partial charge in [0.15, 0.2) is 11.6 Å². The van der Waals surface area contributed by atoms with Gasteiger partial charge in [-0.15, -0.1) is 0 Å². The van der Waals surface area contributed by atoms with Crippen molar-refractivity contribution < 1.29 is 13.6 Å². The fourth-order valence-corrected chi connectivity index (χ4v) is 2.16. The summed E-state index contributed by atoms with van der Waals surface area (Å²) in [6.45, 7) is 1.76. The van der Waals surface area contributed by atoms with Gasteiger partial charge in [-0.3, -0.25) is 4.79 Å². The van der Waals surface area contributed by atoms with Crippen molar-refractivity contribution in [3.05, 3.63) is 65.5 Å². The topological polar surface area (TPSA) is 57.8 Å². The minimum atomic E-state index is -1.05. The van der Waals surface area contributed by atoms with Crippen molar-refractivity contribution in [1.82, 2.24) is 15.3 Å². The lowest BCUT2D eigenvalue weighted by Crippen LogP contribution is -2.27. The molecule has 3 aromatic rings. The molecule has 0 radical (unpaired) electrons. The zero-order valence-electron chi connectivity index (χ0n) is 11.7. The molecule has 0 spiro atoms. The molecule has 0 aliphatic rings. The van der Waals surface area contributed by atoms with Crippen molar-refractivity contribution in [1.29, 1.82) is 0 Å². The van der Waals surface area contributed by atoms with E-state index in [9.17, 15) is 13.6 Å². The average molecular weight is 301 g/mol. The van der Waals surface area contributed by atoms with Gasteiger partial charge in [0.2, 0.25) is 0 Å². The first-order valence-corrected chi connectivity index (χ1v) is 6.75. The number of hydrogen-bond acceptors (Lipinski definition) is 2. The molecule has 112 valence electrons. The average Bonchev–Trinajstić information content (AvgIpc) is 2.94. The van der Waals surface area contributed by atoms with Crippen LogP contribution < -0.4 is 5.32 Å². The summed E-state index contributed by atoms with van der Waals surface area (Å²) in [6, 6.07) is 10.1. The summed E-state index contributed by atoms with van der Waals surface area (Å²) < 4.78 is 26.1. The first-order valence-electron chi connectivity index (χ1n) is 6.75. The molecule has 6 heteroatoms. The maximum atomic E-state index is 13.2. The Labute approximate surface area is 125 Å². The smallest absolute Gasteiger partial charge is 0.251 e. The van der Waals surface area contributed by atoms with E-state index in [1.807, 2.05) is 24.3 Å². The van der Waals surface area contributed by atoms with E-state index in [-0.39, 0.29) is 5.56 Å². The highest BCUT2D eigenvalue weighted by molar-refractivity contribution is 5.94. The quantitative estimate of drug-likeness (QED) is 0.779. The first kappa shape index (κ1) is 14.2. The number of rotatable bonds is 3. The van der Waals surface area contributed by atoms with E-state index in [0.717, 1.165) is 23.2 Å². The highest BCUT2D eigenvalue weighted by atomic mass is 19.2. The highest BCUT2D eigenvalue weighted by Crippen LogP contribution is 2.16. The molecule has 1 amide bonds. The molecule has 2 N–H and O–H groups in total. The maximum absolute atomic E-state index is 13.2. The van der Waals surface area contributed by atoms with Crippen molar-refractivity contribution in [3.63, 3.8) is 0 Å². The summed E-state index contributed by atoms with van der Waals surface area (Å²) in [5.74, 6) is -1.94. The second-order valence-corrected chi connectivity index (χ2v) is 4.96. The van der Waals surface area contributed by atoms with Crippen LogP contribution >= 0.6 is 0 Å². The van der Waals surface area contributed by atoms with Crippen LogP contribution in [0, 0.1) is 11.6 Å². The van der Waals surface area contributed by atoms with Crippen molar-refractivity contribution >= 4 is 16.9 Å². The van der Waals surface area contributed by atoms with Gasteiger partial charge < -0.3 is 10.3 Å². The molecule has 0 fully saturated rings. The standard InChI is InChI=1S/C16H13F2N3O/c1-9(15-20-13-4-2-3-5-14(13)21-15)19-16(22)10-6-7-11(17)12(18)8-10/h2-9H,1H3,(H,19,22)(H,20,21)/t9-/m0/s1. The van der Waals surface area contributed by atoms with Gasteiger partial charge in [0.1, 0.15) is 5.82 Å². The number of imidazole rings is 1. The molecule has 0 unspecified atom stereocenters. The highest BCUT2D eigenvalue weighted by Gasteiger charge is 2.16. The number of H-pyrrole nitrogens is 1. The number of halogens is 2. The lowest BCUT2D eigenvalue weighted by molar-refractivity contribution is 0.0938. The molecule has 3 rings (SSSR count). The van der Waals surface area contributed by atoms with Gasteiger partial charge in [0, 0.05) is 5.56 Å². The Kier molecular flexibility index (Phi) is 3.58. The van der Waals surface area contributed by atoms with E-state index in [2.05, 4.69) is 15.3 Å². The van der Waals surface area contributed by atoms with Crippen LogP contribution in [-0.2, 0) is 0 Å². The lowest BCUT2D eigenvalue weighted by Gasteiger charge is -2.11. The van der Waals surface area contributed by atoms with Crippen LogP contribution in [0.5, 0.6) is 0 Å². The molecule has 4 nitrogen and oxygen atoms in total. The summed E-state index contributed by atoms with van der Waals surface area (Å²) in [7, 11) is 0. The Bertz CT molecular complexity index is 811. The Morgan fingerprint density at radius 2 is 1.95 bits per heavy atom. The fraction of sp³-hybridized carbons (Fsp3) is 0.125. The van der Waals surface area contributed by atoms with Gasteiger partial charge in [-0.05, 0) is 37.3 Å². The van der Waals surface area contributed by atoms with Gasteiger partial charge in [-0.2, -0.15) is 0 Å². The third-order valence-electron chi connectivity index (χ3n) is 3.35. The van der Waals surface area contributed by atoms with E-state index in [1.165, 1.54) is 6.07 Å². The van der Waals surface area contributed by atoms with E-state index in [0.29, 0.717) is 5.82 Å².